The summed E-state index contributed by atoms with van der Waals surface area (Å²) >= 11 is 0. The molecule has 1 rings (SSSR count). The molecule has 1 heterocycles. The number of nitrogens with one attached hydrogen (secondary N) is 1. The lowest BCUT2D eigenvalue weighted by Crippen LogP contribution is -2.43. The van der Waals surface area contributed by atoms with Gasteiger partial charge in [-0.25, -0.2) is 4.79 Å². The lowest BCUT2D eigenvalue weighted by atomic mass is 10.1. The maximum atomic E-state index is 12.6. The van der Waals surface area contributed by atoms with Crippen molar-refractivity contribution in [3.63, 3.8) is 0 Å². The van der Waals surface area contributed by atoms with Gasteiger partial charge in [0.15, 0.2) is 6.10 Å². The van der Waals surface area contributed by atoms with Gasteiger partial charge in [0.25, 0.3) is 0 Å². The quantitative estimate of drug-likeness (QED) is 0.487. The third-order valence-corrected chi connectivity index (χ3v) is 4.87. The smallest absolute Gasteiger partial charge is 0.335 e. The zero-order chi connectivity index (χ0) is 25.4. The minimum atomic E-state index is -0.716. The summed E-state index contributed by atoms with van der Waals surface area (Å²) in [5, 5.41) is 12.8. The lowest BCUT2D eigenvalue weighted by molar-refractivity contribution is -0.177. The Labute approximate surface area is 200 Å². The van der Waals surface area contributed by atoms with Gasteiger partial charge in [0.2, 0.25) is 0 Å². The molecule has 0 aromatic carbocycles. The number of esters is 2. The van der Waals surface area contributed by atoms with E-state index in [1.165, 1.54) is 0 Å². The second kappa shape index (κ2) is 12.1. The van der Waals surface area contributed by atoms with Gasteiger partial charge in [-0.05, 0) is 101 Å². The molecule has 1 unspecified atom stereocenters. The fourth-order valence-electron chi connectivity index (χ4n) is 3.65. The van der Waals surface area contributed by atoms with Crippen LogP contribution in [0.15, 0.2) is 0 Å². The second-order valence-corrected chi connectivity index (χ2v) is 11.7. The van der Waals surface area contributed by atoms with Gasteiger partial charge in [-0.3, -0.25) is 9.69 Å². The van der Waals surface area contributed by atoms with Crippen LogP contribution in [-0.4, -0.2) is 71.5 Å². The predicted molar refractivity (Wildman–Crippen MR) is 128 cm³/mol. The number of rotatable bonds is 10. The molecule has 0 saturated carbocycles. The van der Waals surface area contributed by atoms with E-state index in [0.29, 0.717) is 25.9 Å². The molecule has 0 radical (unpaired) electrons. The highest BCUT2D eigenvalue weighted by Crippen LogP contribution is 2.22. The maximum Gasteiger partial charge on any atom is 0.335 e. The Morgan fingerprint density at radius 2 is 1.61 bits per heavy atom. The Morgan fingerprint density at radius 1 is 1.00 bits per heavy atom. The molecular weight excluding hydrogens is 422 g/mol. The van der Waals surface area contributed by atoms with E-state index in [0.717, 1.165) is 19.4 Å². The first-order valence-electron chi connectivity index (χ1n) is 12.0. The SMILES string of the molecule is CC(C)(C)OC(=O)[C@H](CCNC(C#N)CCN1CCC[C@H]1C(=O)OC(C)(C)C)OC(C)(C)C. The minimum Gasteiger partial charge on any atom is -0.459 e. The van der Waals surface area contributed by atoms with E-state index in [2.05, 4.69) is 16.3 Å². The van der Waals surface area contributed by atoms with E-state index >= 15 is 0 Å². The average molecular weight is 468 g/mol. The molecule has 0 aliphatic carbocycles. The molecule has 1 fully saturated rings. The maximum absolute atomic E-state index is 12.6. The van der Waals surface area contributed by atoms with Crippen LogP contribution in [-0.2, 0) is 23.8 Å². The van der Waals surface area contributed by atoms with Crippen molar-refractivity contribution in [2.45, 2.75) is 123 Å². The molecule has 3 atom stereocenters. The number of hydrogen-bond donors (Lipinski definition) is 1. The summed E-state index contributed by atoms with van der Waals surface area (Å²) in [5.74, 6) is -0.592. The number of carbonyl (C=O) groups is 2. The molecular formula is C25H45N3O5. The minimum absolute atomic E-state index is 0.194. The molecule has 0 aromatic rings. The second-order valence-electron chi connectivity index (χ2n) is 11.7. The van der Waals surface area contributed by atoms with Crippen LogP contribution in [0.5, 0.6) is 0 Å². The molecule has 0 bridgehead atoms. The van der Waals surface area contributed by atoms with Crippen molar-refractivity contribution < 1.29 is 23.8 Å². The van der Waals surface area contributed by atoms with Gasteiger partial charge >= 0.3 is 11.9 Å². The van der Waals surface area contributed by atoms with Gasteiger partial charge in [-0.2, -0.15) is 5.26 Å². The molecule has 1 N–H and O–H groups in total. The highest BCUT2D eigenvalue weighted by molar-refractivity contribution is 5.76. The van der Waals surface area contributed by atoms with Gasteiger partial charge in [0.1, 0.15) is 17.2 Å². The highest BCUT2D eigenvalue weighted by Gasteiger charge is 2.34. The first kappa shape index (κ1) is 29.3. The first-order valence-corrected chi connectivity index (χ1v) is 12.0. The van der Waals surface area contributed by atoms with Gasteiger partial charge in [0, 0.05) is 6.54 Å². The van der Waals surface area contributed by atoms with E-state index in [1.54, 1.807) is 0 Å². The van der Waals surface area contributed by atoms with Crippen LogP contribution in [0.4, 0.5) is 0 Å². The van der Waals surface area contributed by atoms with Crippen LogP contribution in [0.3, 0.4) is 0 Å². The van der Waals surface area contributed by atoms with Crippen LogP contribution < -0.4 is 5.32 Å². The van der Waals surface area contributed by atoms with E-state index in [1.807, 2.05) is 62.3 Å². The Bertz CT molecular complexity index is 682. The molecule has 1 saturated heterocycles. The zero-order valence-corrected chi connectivity index (χ0v) is 22.1. The van der Waals surface area contributed by atoms with Crippen molar-refractivity contribution in [1.82, 2.24) is 10.2 Å². The molecule has 0 amide bonds. The zero-order valence-electron chi connectivity index (χ0n) is 22.1. The van der Waals surface area contributed by atoms with E-state index < -0.39 is 28.9 Å². The first-order chi connectivity index (χ1) is 15.0. The van der Waals surface area contributed by atoms with Crippen LogP contribution in [0, 0.1) is 11.3 Å². The number of carbonyl (C=O) groups excluding carboxylic acids is 2. The Hall–Kier alpha value is -1.69. The molecule has 1 aliphatic rings. The number of nitrogens with zero attached hydrogens (tertiary/aromatic N) is 2. The molecule has 8 heteroatoms. The fourth-order valence-corrected chi connectivity index (χ4v) is 3.65. The molecule has 1 aliphatic heterocycles. The van der Waals surface area contributed by atoms with E-state index in [4.69, 9.17) is 14.2 Å². The third kappa shape index (κ3) is 12.4. The standard InChI is InChI=1S/C25H45N3O5/c1-23(2,3)31-20(22(30)33-25(7,8)9)12-14-27-18(17-26)13-16-28-15-10-11-19(28)21(29)32-24(4,5)6/h18-20,27H,10-16H2,1-9H3/t18?,19-,20-/m0/s1. The van der Waals surface area contributed by atoms with Crippen LogP contribution in [0.2, 0.25) is 0 Å². The summed E-state index contributed by atoms with van der Waals surface area (Å²) in [7, 11) is 0. The Balaban J connectivity index is 2.59. The van der Waals surface area contributed by atoms with Crippen molar-refractivity contribution in [1.29, 1.82) is 5.26 Å². The van der Waals surface area contributed by atoms with Crippen LogP contribution in [0.1, 0.15) is 88.0 Å². The van der Waals surface area contributed by atoms with E-state index in [9.17, 15) is 14.9 Å². The summed E-state index contributed by atoms with van der Waals surface area (Å²) < 4.78 is 17.0. The average Bonchev–Trinajstić information content (AvgIpc) is 3.08. The van der Waals surface area contributed by atoms with Gasteiger partial charge in [-0.1, -0.05) is 0 Å². The summed E-state index contributed by atoms with van der Waals surface area (Å²) in [4.78, 5) is 27.2. The molecule has 8 nitrogen and oxygen atoms in total. The van der Waals surface area contributed by atoms with Crippen molar-refractivity contribution in [2.24, 2.45) is 0 Å². The summed E-state index contributed by atoms with van der Waals surface area (Å²) in [6, 6.07) is 1.65. The Morgan fingerprint density at radius 3 is 2.12 bits per heavy atom. The van der Waals surface area contributed by atoms with Gasteiger partial charge in [-0.15, -0.1) is 0 Å². The van der Waals surface area contributed by atoms with Crippen LogP contribution in [0.25, 0.3) is 0 Å². The molecule has 0 aromatic heterocycles. The molecule has 0 spiro atoms. The van der Waals surface area contributed by atoms with Crippen molar-refractivity contribution >= 4 is 11.9 Å². The summed E-state index contributed by atoms with van der Waals surface area (Å²) in [6.07, 6.45) is 1.98. The monoisotopic (exact) mass is 467 g/mol. The topological polar surface area (TPSA) is 101 Å². The summed E-state index contributed by atoms with van der Waals surface area (Å²) in [6.45, 7) is 18.7. The number of likely N-dealkylation sites (tertiary alicyclic amines) is 1. The van der Waals surface area contributed by atoms with Crippen molar-refractivity contribution in [3.05, 3.63) is 0 Å². The van der Waals surface area contributed by atoms with Crippen molar-refractivity contribution in [2.75, 3.05) is 19.6 Å². The normalized spacial score (nSPS) is 19.6. The number of hydrogen-bond acceptors (Lipinski definition) is 8. The van der Waals surface area contributed by atoms with Gasteiger partial charge in [0.05, 0.1) is 17.7 Å². The van der Waals surface area contributed by atoms with Crippen LogP contribution >= 0.6 is 0 Å². The van der Waals surface area contributed by atoms with Gasteiger partial charge < -0.3 is 19.5 Å². The van der Waals surface area contributed by atoms with E-state index in [-0.39, 0.29) is 18.1 Å². The third-order valence-electron chi connectivity index (χ3n) is 4.87. The van der Waals surface area contributed by atoms with Crippen molar-refractivity contribution in [3.8, 4) is 6.07 Å². The largest absolute Gasteiger partial charge is 0.459 e. The molecule has 33 heavy (non-hydrogen) atoms. The fraction of sp³-hybridized carbons (Fsp3) is 0.880. The lowest BCUT2D eigenvalue weighted by Gasteiger charge is -2.29. The highest BCUT2D eigenvalue weighted by atomic mass is 16.6. The Kier molecular flexibility index (Phi) is 10.8. The summed E-state index contributed by atoms with van der Waals surface area (Å²) in [5.41, 5.74) is -1.61. The predicted octanol–water partition coefficient (Wildman–Crippen LogP) is 3.58. The number of nitriles is 1. The number of ether oxygens (including phenoxy) is 3. The molecule has 190 valence electrons.